The van der Waals surface area contributed by atoms with Gasteiger partial charge in [-0.05, 0) is 19.1 Å². The molecule has 7 heteroatoms. The van der Waals surface area contributed by atoms with Crippen molar-refractivity contribution in [1.29, 1.82) is 0 Å². The Labute approximate surface area is 151 Å². The maximum absolute atomic E-state index is 12.2. The van der Waals surface area contributed by atoms with Crippen LogP contribution in [0.25, 0.3) is 16.7 Å². The van der Waals surface area contributed by atoms with Crippen molar-refractivity contribution in [3.05, 3.63) is 34.6 Å². The third kappa shape index (κ3) is 1.95. The summed E-state index contributed by atoms with van der Waals surface area (Å²) in [6.45, 7) is 2.52. The van der Waals surface area contributed by atoms with Gasteiger partial charge in [0.05, 0.1) is 11.0 Å². The summed E-state index contributed by atoms with van der Waals surface area (Å²) in [4.78, 5) is 12.2. The Bertz CT molecular complexity index is 780. The molecule has 0 saturated heterocycles. The largest absolute Gasteiger partial charge is 1.00 e. The molecule has 0 atom stereocenters. The van der Waals surface area contributed by atoms with E-state index in [4.69, 9.17) is 12.6 Å². The first-order chi connectivity index (χ1) is 8.24. The van der Waals surface area contributed by atoms with E-state index in [0.29, 0.717) is 11.7 Å². The van der Waals surface area contributed by atoms with Crippen LogP contribution in [0, 0.1) is 0 Å². The average Bonchev–Trinajstić information content (AvgIpc) is 2.73. The SMILES string of the molecule is CCn1c(=O)c2nnc([S-])n2c2ccccc21.[K+]. The second-order valence-corrected chi connectivity index (χ2v) is 4.04. The minimum absolute atomic E-state index is 0. The average molecular weight is 284 g/mol. The van der Waals surface area contributed by atoms with Crippen molar-refractivity contribution in [2.24, 2.45) is 0 Å². The van der Waals surface area contributed by atoms with E-state index in [2.05, 4.69) is 10.2 Å². The maximum atomic E-state index is 12.2. The van der Waals surface area contributed by atoms with Crippen molar-refractivity contribution in [2.75, 3.05) is 0 Å². The smallest absolute Gasteiger partial charge is 0.740 e. The number of aromatic nitrogens is 4. The quantitative estimate of drug-likeness (QED) is 0.382. The molecule has 2 heterocycles. The molecule has 0 bridgehead atoms. The van der Waals surface area contributed by atoms with Crippen molar-refractivity contribution in [1.82, 2.24) is 19.2 Å². The Morgan fingerprint density at radius 1 is 1.22 bits per heavy atom. The molecule has 5 nitrogen and oxygen atoms in total. The van der Waals surface area contributed by atoms with Gasteiger partial charge in [-0.2, -0.15) is 5.10 Å². The van der Waals surface area contributed by atoms with Crippen LogP contribution in [-0.2, 0) is 19.2 Å². The molecule has 0 fully saturated rings. The molecule has 3 rings (SSSR count). The Kier molecular flexibility index (Phi) is 4.20. The van der Waals surface area contributed by atoms with Gasteiger partial charge in [0.2, 0.25) is 5.65 Å². The molecule has 86 valence electrons. The fourth-order valence-corrected chi connectivity index (χ4v) is 2.28. The van der Waals surface area contributed by atoms with E-state index in [1.165, 1.54) is 0 Å². The summed E-state index contributed by atoms with van der Waals surface area (Å²) in [5, 5.41) is 7.96. The molecule has 0 saturated carbocycles. The molecule has 0 aliphatic heterocycles. The van der Waals surface area contributed by atoms with E-state index in [1.54, 1.807) is 8.97 Å². The first-order valence-corrected chi connectivity index (χ1v) is 5.68. The van der Waals surface area contributed by atoms with Gasteiger partial charge in [-0.1, -0.05) is 12.1 Å². The summed E-state index contributed by atoms with van der Waals surface area (Å²) in [6.07, 6.45) is 0. The number of hydrogen-bond donors (Lipinski definition) is 0. The Hall–Kier alpha value is -0.314. The summed E-state index contributed by atoms with van der Waals surface area (Å²) in [6, 6.07) is 7.61. The van der Waals surface area contributed by atoms with Gasteiger partial charge in [0.1, 0.15) is 0 Å². The molecular formula is C11H9KN4OS. The second-order valence-electron chi connectivity index (χ2n) is 3.68. The van der Waals surface area contributed by atoms with E-state index >= 15 is 0 Å². The zero-order valence-corrected chi connectivity index (χ0v) is 14.1. The third-order valence-corrected chi connectivity index (χ3v) is 3.06. The predicted molar refractivity (Wildman–Crippen MR) is 66.1 cm³/mol. The standard InChI is InChI=1S/C11H10N4OS.K/c1-2-14-7-5-3-4-6-8(7)15-9(10(14)16)12-13-11(15)17;/h3-6H,2H2,1H3,(H,13,17);/q;+1/p-1. The summed E-state index contributed by atoms with van der Waals surface area (Å²) in [7, 11) is 0. The summed E-state index contributed by atoms with van der Waals surface area (Å²) in [5.74, 6) is 0. The van der Waals surface area contributed by atoms with E-state index in [9.17, 15) is 4.79 Å². The molecule has 1 aromatic carbocycles. The normalized spacial score (nSPS) is 10.7. The molecule has 0 unspecified atom stereocenters. The molecule has 0 amide bonds. The number of fused-ring (bicyclic) bond motifs is 3. The van der Waals surface area contributed by atoms with Gasteiger partial charge in [0.15, 0.2) is 0 Å². The van der Waals surface area contributed by atoms with Crippen LogP contribution < -0.4 is 56.9 Å². The van der Waals surface area contributed by atoms with E-state index < -0.39 is 0 Å². The van der Waals surface area contributed by atoms with Crippen LogP contribution in [0.2, 0.25) is 0 Å². The first-order valence-electron chi connectivity index (χ1n) is 5.27. The number of rotatable bonds is 1. The molecule has 0 aliphatic carbocycles. The number of para-hydroxylation sites is 2. The second kappa shape index (κ2) is 5.36. The van der Waals surface area contributed by atoms with Crippen LogP contribution >= 0.6 is 0 Å². The molecule has 2 aromatic heterocycles. The van der Waals surface area contributed by atoms with Gasteiger partial charge in [0, 0.05) is 11.7 Å². The topological polar surface area (TPSA) is 52.2 Å². The van der Waals surface area contributed by atoms with Crippen LogP contribution in [0.4, 0.5) is 0 Å². The number of nitrogens with zero attached hydrogens (tertiary/aromatic N) is 4. The van der Waals surface area contributed by atoms with Gasteiger partial charge in [-0.15, -0.1) is 5.10 Å². The number of hydrogen-bond acceptors (Lipinski definition) is 4. The first kappa shape index (κ1) is 14.1. The van der Waals surface area contributed by atoms with Gasteiger partial charge in [0.25, 0.3) is 5.56 Å². The number of aryl methyl sites for hydroxylation is 1. The zero-order chi connectivity index (χ0) is 12.0. The van der Waals surface area contributed by atoms with Crippen molar-refractivity contribution in [3.8, 4) is 0 Å². The van der Waals surface area contributed by atoms with Crippen LogP contribution in [-0.4, -0.2) is 19.2 Å². The van der Waals surface area contributed by atoms with Crippen molar-refractivity contribution < 1.29 is 51.4 Å². The van der Waals surface area contributed by atoms with Crippen LogP contribution in [0.1, 0.15) is 6.92 Å². The van der Waals surface area contributed by atoms with Gasteiger partial charge >= 0.3 is 51.4 Å². The van der Waals surface area contributed by atoms with Crippen molar-refractivity contribution in [2.45, 2.75) is 18.6 Å². The third-order valence-electron chi connectivity index (χ3n) is 2.80. The Morgan fingerprint density at radius 2 is 1.89 bits per heavy atom. The predicted octanol–water partition coefficient (Wildman–Crippen LogP) is -2.03. The Balaban J connectivity index is 0.00000120. The minimum Gasteiger partial charge on any atom is -0.740 e. The monoisotopic (exact) mass is 284 g/mol. The summed E-state index contributed by atoms with van der Waals surface area (Å²) >= 11 is 5.09. The Morgan fingerprint density at radius 3 is 2.56 bits per heavy atom. The van der Waals surface area contributed by atoms with E-state index in [-0.39, 0.29) is 62.6 Å². The summed E-state index contributed by atoms with van der Waals surface area (Å²) < 4.78 is 3.30. The van der Waals surface area contributed by atoms with Crippen LogP contribution in [0.3, 0.4) is 0 Å². The van der Waals surface area contributed by atoms with Crippen molar-refractivity contribution >= 4 is 29.3 Å². The molecule has 0 aliphatic rings. The van der Waals surface area contributed by atoms with Crippen LogP contribution in [0.15, 0.2) is 34.2 Å². The molecule has 0 N–H and O–H groups in total. The fourth-order valence-electron chi connectivity index (χ4n) is 2.05. The summed E-state index contributed by atoms with van der Waals surface area (Å²) in [5.41, 5.74) is 1.84. The van der Waals surface area contributed by atoms with Crippen LogP contribution in [0.5, 0.6) is 0 Å². The minimum atomic E-state index is -0.158. The van der Waals surface area contributed by atoms with Gasteiger partial charge in [-0.3, -0.25) is 9.20 Å². The molecule has 0 radical (unpaired) electrons. The van der Waals surface area contributed by atoms with E-state index in [0.717, 1.165) is 11.0 Å². The fraction of sp³-hybridized carbons (Fsp3) is 0.182. The molecular weight excluding hydrogens is 275 g/mol. The van der Waals surface area contributed by atoms with Crippen molar-refractivity contribution in [3.63, 3.8) is 0 Å². The van der Waals surface area contributed by atoms with Gasteiger partial charge < -0.3 is 17.2 Å². The maximum Gasteiger partial charge on any atom is 1.00 e. The van der Waals surface area contributed by atoms with E-state index in [1.807, 2.05) is 31.2 Å². The zero-order valence-electron chi connectivity index (χ0n) is 10.1. The van der Waals surface area contributed by atoms with Gasteiger partial charge in [-0.25, -0.2) is 0 Å². The molecule has 3 aromatic rings. The number of benzene rings is 1. The molecule has 0 spiro atoms. The molecule has 18 heavy (non-hydrogen) atoms.